The summed E-state index contributed by atoms with van der Waals surface area (Å²) in [6, 6.07) is 9.61. The fraction of sp³-hybridized carbons (Fsp3) is 0.308. The molecular weight excluding hydrogens is 240 g/mol. The Labute approximate surface area is 110 Å². The molecule has 1 unspecified atom stereocenters. The number of nitriles is 1. The van der Waals surface area contributed by atoms with E-state index in [2.05, 4.69) is 26.2 Å². The molecule has 3 rings (SSSR count). The highest BCUT2D eigenvalue weighted by molar-refractivity contribution is 5.59. The van der Waals surface area contributed by atoms with Gasteiger partial charge in [-0.15, -0.1) is 5.10 Å². The van der Waals surface area contributed by atoms with Crippen LogP contribution in [0.3, 0.4) is 0 Å². The molecule has 1 aliphatic rings. The average Bonchev–Trinajstić information content (AvgIpc) is 3.07. The van der Waals surface area contributed by atoms with Gasteiger partial charge in [-0.2, -0.15) is 10.2 Å². The van der Waals surface area contributed by atoms with E-state index in [1.54, 1.807) is 12.1 Å². The molecule has 1 aromatic carbocycles. The molecule has 96 valence electrons. The summed E-state index contributed by atoms with van der Waals surface area (Å²) >= 11 is 0. The summed E-state index contributed by atoms with van der Waals surface area (Å²) in [5.74, 6) is 1.35. The van der Waals surface area contributed by atoms with Gasteiger partial charge in [-0.25, -0.2) is 0 Å². The predicted octanol–water partition coefficient (Wildman–Crippen LogP) is 0.881. The van der Waals surface area contributed by atoms with Crippen molar-refractivity contribution in [3.63, 3.8) is 0 Å². The third-order valence-corrected chi connectivity index (χ3v) is 3.25. The molecule has 19 heavy (non-hydrogen) atoms. The van der Waals surface area contributed by atoms with E-state index >= 15 is 0 Å². The average molecular weight is 254 g/mol. The normalized spacial score (nSPS) is 18.5. The Bertz CT molecular complexity index is 626. The van der Waals surface area contributed by atoms with E-state index in [4.69, 9.17) is 11.0 Å². The number of nitrogens with zero attached hydrogens (tertiary/aromatic N) is 4. The zero-order chi connectivity index (χ0) is 13.2. The topological polar surface area (TPSA) is 94.6 Å². The smallest absolute Gasteiger partial charge is 0.245 e. The monoisotopic (exact) mass is 254 g/mol. The zero-order valence-corrected chi connectivity index (χ0v) is 10.4. The van der Waals surface area contributed by atoms with Gasteiger partial charge in [0.2, 0.25) is 5.95 Å². The molecule has 0 bridgehead atoms. The number of nitrogens with one attached hydrogen (secondary N) is 1. The molecule has 0 amide bonds. The summed E-state index contributed by atoms with van der Waals surface area (Å²) in [4.78, 5) is 6.53. The lowest BCUT2D eigenvalue weighted by atomic mass is 10.1. The number of benzene rings is 1. The van der Waals surface area contributed by atoms with E-state index < -0.39 is 0 Å². The molecule has 6 heteroatoms. The molecule has 3 N–H and O–H groups in total. The number of hydrogen-bond donors (Lipinski definition) is 2. The summed E-state index contributed by atoms with van der Waals surface area (Å²) < 4.78 is 0. The summed E-state index contributed by atoms with van der Waals surface area (Å²) in [5, 5.41) is 16.0. The fourth-order valence-corrected chi connectivity index (χ4v) is 2.23. The second-order valence-electron chi connectivity index (χ2n) is 4.67. The Morgan fingerprint density at radius 1 is 1.47 bits per heavy atom. The molecule has 2 aromatic rings. The number of anilines is 1. The van der Waals surface area contributed by atoms with Gasteiger partial charge < -0.3 is 10.6 Å². The van der Waals surface area contributed by atoms with E-state index in [1.807, 2.05) is 12.1 Å². The molecule has 6 nitrogen and oxygen atoms in total. The van der Waals surface area contributed by atoms with E-state index in [9.17, 15) is 0 Å². The van der Waals surface area contributed by atoms with Crippen molar-refractivity contribution >= 4 is 5.95 Å². The third-order valence-electron chi connectivity index (χ3n) is 3.25. The first-order chi connectivity index (χ1) is 9.26. The molecule has 0 aliphatic carbocycles. The molecule has 0 saturated carbocycles. The Balaban J connectivity index is 1.86. The van der Waals surface area contributed by atoms with E-state index in [0.717, 1.165) is 25.1 Å². The maximum Gasteiger partial charge on any atom is 0.245 e. The summed E-state index contributed by atoms with van der Waals surface area (Å²) in [6.45, 7) is 1.67. The molecule has 1 atom stereocenters. The molecule has 1 aliphatic heterocycles. The van der Waals surface area contributed by atoms with Gasteiger partial charge >= 0.3 is 0 Å². The predicted molar refractivity (Wildman–Crippen MR) is 71.3 cm³/mol. The Morgan fingerprint density at radius 2 is 2.37 bits per heavy atom. The van der Waals surface area contributed by atoms with Gasteiger partial charge in [0.05, 0.1) is 11.6 Å². The van der Waals surface area contributed by atoms with Crippen LogP contribution in [0.4, 0.5) is 5.95 Å². The fourth-order valence-electron chi connectivity index (χ4n) is 2.23. The summed E-state index contributed by atoms with van der Waals surface area (Å²) in [5.41, 5.74) is 7.35. The van der Waals surface area contributed by atoms with Crippen molar-refractivity contribution in [1.29, 1.82) is 5.26 Å². The number of nitrogens with two attached hydrogens (primary N) is 1. The molecule has 1 fully saturated rings. The second kappa shape index (κ2) is 4.71. The summed E-state index contributed by atoms with van der Waals surface area (Å²) in [7, 11) is 0. The number of aromatic amines is 1. The van der Waals surface area contributed by atoms with Crippen LogP contribution in [0.1, 0.15) is 12.0 Å². The lowest BCUT2D eigenvalue weighted by Gasteiger charge is -2.11. The van der Waals surface area contributed by atoms with Crippen molar-refractivity contribution in [3.8, 4) is 17.5 Å². The minimum Gasteiger partial charge on any atom is -0.338 e. The van der Waals surface area contributed by atoms with Crippen molar-refractivity contribution in [2.24, 2.45) is 5.73 Å². The molecule has 2 heterocycles. The first-order valence-electron chi connectivity index (χ1n) is 6.20. The van der Waals surface area contributed by atoms with Crippen LogP contribution in [-0.2, 0) is 0 Å². The highest BCUT2D eigenvalue weighted by Gasteiger charge is 2.22. The van der Waals surface area contributed by atoms with Gasteiger partial charge in [-0.05, 0) is 18.6 Å². The standard InChI is InChI=1S/C13H14N6/c14-7-9-2-1-3-10(6-9)12-16-13(18-17-12)19-5-4-11(15)8-19/h1-3,6,11H,4-5,8,15H2,(H,16,17,18). The van der Waals surface area contributed by atoms with Gasteiger partial charge in [0, 0.05) is 24.7 Å². The molecular formula is C13H14N6. The van der Waals surface area contributed by atoms with Crippen LogP contribution < -0.4 is 10.6 Å². The third kappa shape index (κ3) is 2.28. The van der Waals surface area contributed by atoms with Crippen LogP contribution in [0, 0.1) is 11.3 Å². The van der Waals surface area contributed by atoms with Crippen molar-refractivity contribution in [1.82, 2.24) is 15.2 Å². The number of rotatable bonds is 2. The van der Waals surface area contributed by atoms with Gasteiger partial charge in [0.15, 0.2) is 5.82 Å². The second-order valence-corrected chi connectivity index (χ2v) is 4.67. The number of aromatic nitrogens is 3. The van der Waals surface area contributed by atoms with Crippen LogP contribution in [0.5, 0.6) is 0 Å². The minimum atomic E-state index is 0.198. The highest BCUT2D eigenvalue weighted by atomic mass is 15.4. The van der Waals surface area contributed by atoms with Crippen molar-refractivity contribution in [2.45, 2.75) is 12.5 Å². The van der Waals surface area contributed by atoms with Crippen molar-refractivity contribution in [3.05, 3.63) is 29.8 Å². The first-order valence-corrected chi connectivity index (χ1v) is 6.20. The largest absolute Gasteiger partial charge is 0.338 e. The Kier molecular flexibility index (Phi) is 2.89. The van der Waals surface area contributed by atoms with Crippen molar-refractivity contribution in [2.75, 3.05) is 18.0 Å². The van der Waals surface area contributed by atoms with E-state index in [0.29, 0.717) is 17.3 Å². The molecule has 0 radical (unpaired) electrons. The Morgan fingerprint density at radius 3 is 3.11 bits per heavy atom. The quantitative estimate of drug-likeness (QED) is 0.829. The molecule has 1 saturated heterocycles. The van der Waals surface area contributed by atoms with E-state index in [-0.39, 0.29) is 6.04 Å². The maximum absolute atomic E-state index is 8.90. The van der Waals surface area contributed by atoms with Crippen LogP contribution in [0.25, 0.3) is 11.4 Å². The highest BCUT2D eigenvalue weighted by Crippen LogP contribution is 2.20. The lowest BCUT2D eigenvalue weighted by Crippen LogP contribution is -2.26. The van der Waals surface area contributed by atoms with Gasteiger partial charge in [-0.1, -0.05) is 12.1 Å². The van der Waals surface area contributed by atoms with Crippen molar-refractivity contribution < 1.29 is 0 Å². The number of hydrogen-bond acceptors (Lipinski definition) is 5. The lowest BCUT2D eigenvalue weighted by molar-refractivity contribution is 0.750. The van der Waals surface area contributed by atoms with Crippen LogP contribution in [0.15, 0.2) is 24.3 Å². The summed E-state index contributed by atoms with van der Waals surface area (Å²) in [6.07, 6.45) is 0.966. The molecule has 1 aromatic heterocycles. The molecule has 0 spiro atoms. The van der Waals surface area contributed by atoms with Gasteiger partial charge in [0.25, 0.3) is 0 Å². The maximum atomic E-state index is 8.90. The minimum absolute atomic E-state index is 0.198. The van der Waals surface area contributed by atoms with E-state index in [1.165, 1.54) is 0 Å². The Hall–Kier alpha value is -2.39. The van der Waals surface area contributed by atoms with Gasteiger partial charge in [-0.3, -0.25) is 5.10 Å². The van der Waals surface area contributed by atoms with Crippen LogP contribution in [-0.4, -0.2) is 34.3 Å². The SMILES string of the molecule is N#Cc1cccc(-c2nc(N3CCC(N)C3)n[nH]2)c1. The van der Waals surface area contributed by atoms with Crippen LogP contribution in [0.2, 0.25) is 0 Å². The van der Waals surface area contributed by atoms with Gasteiger partial charge in [0.1, 0.15) is 0 Å². The first kappa shape index (κ1) is 11.7. The zero-order valence-electron chi connectivity index (χ0n) is 10.4. The number of H-pyrrole nitrogens is 1. The van der Waals surface area contributed by atoms with Crippen LogP contribution >= 0.6 is 0 Å².